The molecule has 1 N–H and O–H groups in total. The third-order valence-corrected chi connectivity index (χ3v) is 1.81. The summed E-state index contributed by atoms with van der Waals surface area (Å²) in [5, 5.41) is 9.49. The highest BCUT2D eigenvalue weighted by Crippen LogP contribution is 2.20. The van der Waals surface area contributed by atoms with Crippen LogP contribution in [-0.4, -0.2) is 24.5 Å². The molecule has 0 aliphatic carbocycles. The van der Waals surface area contributed by atoms with E-state index in [9.17, 15) is 14.7 Å². The van der Waals surface area contributed by atoms with Gasteiger partial charge < -0.3 is 9.84 Å². The van der Waals surface area contributed by atoms with E-state index in [0.717, 1.165) is 0 Å². The smallest absolute Gasteiger partial charge is 0.337 e. The molecule has 4 nitrogen and oxygen atoms in total. The Bertz CT molecular complexity index is 407. The Morgan fingerprint density at radius 2 is 2.20 bits per heavy atom. The minimum atomic E-state index is -0.517. The quantitative estimate of drug-likeness (QED) is 0.461. The predicted octanol–water partition coefficient (Wildman–Crippen LogP) is 1.39. The van der Waals surface area contributed by atoms with Crippen molar-refractivity contribution >= 4 is 18.3 Å². The van der Waals surface area contributed by atoms with Gasteiger partial charge in [-0.25, -0.2) is 4.79 Å². The number of phenols is 1. The molecule has 15 heavy (non-hydrogen) atoms. The van der Waals surface area contributed by atoms with Crippen molar-refractivity contribution in [2.75, 3.05) is 7.11 Å². The molecule has 0 aliphatic heterocycles. The van der Waals surface area contributed by atoms with Gasteiger partial charge >= 0.3 is 5.97 Å². The Morgan fingerprint density at radius 3 is 2.73 bits per heavy atom. The van der Waals surface area contributed by atoms with Gasteiger partial charge in [0.25, 0.3) is 0 Å². The molecule has 4 heteroatoms. The van der Waals surface area contributed by atoms with Gasteiger partial charge in [0.15, 0.2) is 0 Å². The lowest BCUT2D eigenvalue weighted by Crippen LogP contribution is -2.00. The molecule has 0 fully saturated rings. The second-order valence-corrected chi connectivity index (χ2v) is 2.76. The molecule has 0 saturated carbocycles. The Kier molecular flexibility index (Phi) is 3.62. The minimum absolute atomic E-state index is 0.0731. The van der Waals surface area contributed by atoms with E-state index in [-0.39, 0.29) is 11.3 Å². The highest BCUT2D eigenvalue weighted by molar-refractivity contribution is 5.90. The van der Waals surface area contributed by atoms with Gasteiger partial charge in [-0.2, -0.15) is 0 Å². The summed E-state index contributed by atoms with van der Waals surface area (Å²) >= 11 is 0. The number of esters is 1. The number of hydrogen-bond acceptors (Lipinski definition) is 4. The Morgan fingerprint density at radius 1 is 1.47 bits per heavy atom. The molecule has 1 aromatic carbocycles. The van der Waals surface area contributed by atoms with Gasteiger partial charge in [0.2, 0.25) is 0 Å². The maximum absolute atomic E-state index is 11.1. The number of carbonyl (C=O) groups is 2. The van der Waals surface area contributed by atoms with Gasteiger partial charge in [-0.3, -0.25) is 4.79 Å². The first-order chi connectivity index (χ1) is 7.19. The van der Waals surface area contributed by atoms with E-state index in [0.29, 0.717) is 11.8 Å². The first-order valence-electron chi connectivity index (χ1n) is 4.22. The molecule has 0 aliphatic rings. The molecule has 0 spiro atoms. The van der Waals surface area contributed by atoms with E-state index in [1.165, 1.54) is 37.5 Å². The number of allylic oxidation sites excluding steroid dienone is 1. The van der Waals surface area contributed by atoms with Crippen LogP contribution in [-0.2, 0) is 9.53 Å². The molecule has 78 valence electrons. The standard InChI is InChI=1S/C11H10O4/c1-15-11(14)9-5-4-8(3-2-6-12)10(13)7-9/h2-7,13H,1H3. The van der Waals surface area contributed by atoms with Crippen LogP contribution in [0.2, 0.25) is 0 Å². The number of aldehydes is 1. The highest BCUT2D eigenvalue weighted by Gasteiger charge is 2.07. The van der Waals surface area contributed by atoms with Crippen molar-refractivity contribution in [2.24, 2.45) is 0 Å². The number of ether oxygens (including phenoxy) is 1. The molecular weight excluding hydrogens is 196 g/mol. The van der Waals surface area contributed by atoms with Crippen LogP contribution in [0, 0.1) is 0 Å². The molecule has 0 amide bonds. The first kappa shape index (κ1) is 11.0. The number of aromatic hydroxyl groups is 1. The van der Waals surface area contributed by atoms with Gasteiger partial charge in [0.1, 0.15) is 12.0 Å². The molecule has 0 bridgehead atoms. The number of hydrogen-bond donors (Lipinski definition) is 1. The number of rotatable bonds is 3. The molecule has 0 unspecified atom stereocenters. The van der Waals surface area contributed by atoms with Crippen molar-refractivity contribution < 1.29 is 19.4 Å². The zero-order chi connectivity index (χ0) is 11.3. The molecule has 0 saturated heterocycles. The summed E-state index contributed by atoms with van der Waals surface area (Å²) in [5.74, 6) is -0.591. The number of phenolic OH excluding ortho intramolecular Hbond substituents is 1. The van der Waals surface area contributed by atoms with Crippen LogP contribution in [0.1, 0.15) is 15.9 Å². The number of benzene rings is 1. The molecule has 1 rings (SSSR count). The van der Waals surface area contributed by atoms with Crippen LogP contribution in [0.3, 0.4) is 0 Å². The lowest BCUT2D eigenvalue weighted by Gasteiger charge is -2.02. The molecule has 0 radical (unpaired) electrons. The summed E-state index contributed by atoms with van der Waals surface area (Å²) in [6, 6.07) is 4.33. The fourth-order valence-corrected chi connectivity index (χ4v) is 1.07. The van der Waals surface area contributed by atoms with E-state index in [4.69, 9.17) is 0 Å². The van der Waals surface area contributed by atoms with E-state index in [2.05, 4.69) is 4.74 Å². The predicted molar refractivity (Wildman–Crippen MR) is 54.5 cm³/mol. The first-order valence-corrected chi connectivity index (χ1v) is 4.22. The topological polar surface area (TPSA) is 63.6 Å². The average Bonchev–Trinajstić information content (AvgIpc) is 2.26. The normalized spacial score (nSPS) is 10.2. The lowest BCUT2D eigenvalue weighted by molar-refractivity contribution is -0.104. The SMILES string of the molecule is COC(=O)c1ccc(C=CC=O)c(O)c1. The van der Waals surface area contributed by atoms with Crippen LogP contribution in [0.5, 0.6) is 5.75 Å². The lowest BCUT2D eigenvalue weighted by atomic mass is 10.1. The third-order valence-electron chi connectivity index (χ3n) is 1.81. The Balaban J connectivity index is 3.02. The zero-order valence-corrected chi connectivity index (χ0v) is 8.14. The molecule has 0 aromatic heterocycles. The van der Waals surface area contributed by atoms with E-state index < -0.39 is 5.97 Å². The monoisotopic (exact) mass is 206 g/mol. The Labute approximate surface area is 86.8 Å². The van der Waals surface area contributed by atoms with Gasteiger partial charge in [-0.1, -0.05) is 6.07 Å². The van der Waals surface area contributed by atoms with Crippen molar-refractivity contribution in [3.63, 3.8) is 0 Å². The van der Waals surface area contributed by atoms with Crippen molar-refractivity contribution in [2.45, 2.75) is 0 Å². The van der Waals surface area contributed by atoms with Crippen LogP contribution >= 0.6 is 0 Å². The summed E-state index contributed by atoms with van der Waals surface area (Å²) in [4.78, 5) is 21.2. The van der Waals surface area contributed by atoms with E-state index >= 15 is 0 Å². The maximum Gasteiger partial charge on any atom is 0.337 e. The van der Waals surface area contributed by atoms with Crippen molar-refractivity contribution in [3.8, 4) is 5.75 Å². The van der Waals surface area contributed by atoms with Crippen LogP contribution < -0.4 is 0 Å². The van der Waals surface area contributed by atoms with Crippen LogP contribution in [0.25, 0.3) is 6.08 Å². The Hall–Kier alpha value is -2.10. The zero-order valence-electron chi connectivity index (χ0n) is 8.14. The summed E-state index contributed by atoms with van der Waals surface area (Å²) in [7, 11) is 1.26. The summed E-state index contributed by atoms with van der Waals surface area (Å²) in [6.07, 6.45) is 3.31. The number of methoxy groups -OCH3 is 1. The minimum Gasteiger partial charge on any atom is -0.507 e. The second-order valence-electron chi connectivity index (χ2n) is 2.76. The van der Waals surface area contributed by atoms with Crippen molar-refractivity contribution in [3.05, 3.63) is 35.4 Å². The summed E-state index contributed by atoms with van der Waals surface area (Å²) in [6.45, 7) is 0. The van der Waals surface area contributed by atoms with Crippen LogP contribution in [0.15, 0.2) is 24.3 Å². The molecule has 0 atom stereocenters. The number of carbonyl (C=O) groups excluding carboxylic acids is 2. The average molecular weight is 206 g/mol. The highest BCUT2D eigenvalue weighted by atomic mass is 16.5. The van der Waals surface area contributed by atoms with Crippen LogP contribution in [0.4, 0.5) is 0 Å². The van der Waals surface area contributed by atoms with E-state index in [1.807, 2.05) is 0 Å². The van der Waals surface area contributed by atoms with Gasteiger partial charge in [0, 0.05) is 5.56 Å². The second kappa shape index (κ2) is 4.95. The van der Waals surface area contributed by atoms with Gasteiger partial charge in [0.05, 0.1) is 12.7 Å². The maximum atomic E-state index is 11.1. The van der Waals surface area contributed by atoms with Crippen molar-refractivity contribution in [1.29, 1.82) is 0 Å². The summed E-state index contributed by atoms with van der Waals surface area (Å²) < 4.78 is 4.49. The van der Waals surface area contributed by atoms with Gasteiger partial charge in [-0.05, 0) is 24.3 Å². The molecule has 1 aromatic rings. The summed E-state index contributed by atoms with van der Waals surface area (Å²) in [5.41, 5.74) is 0.730. The van der Waals surface area contributed by atoms with Gasteiger partial charge in [-0.15, -0.1) is 0 Å². The molecule has 0 heterocycles. The fourth-order valence-electron chi connectivity index (χ4n) is 1.07. The molecular formula is C11H10O4. The third kappa shape index (κ3) is 2.67. The largest absolute Gasteiger partial charge is 0.507 e. The van der Waals surface area contributed by atoms with E-state index in [1.54, 1.807) is 0 Å². The fraction of sp³-hybridized carbons (Fsp3) is 0.0909. The van der Waals surface area contributed by atoms with Crippen molar-refractivity contribution in [1.82, 2.24) is 0 Å².